The van der Waals surface area contributed by atoms with Gasteiger partial charge in [-0.3, -0.25) is 0 Å². The van der Waals surface area contributed by atoms with Gasteiger partial charge in [0.1, 0.15) is 0 Å². The van der Waals surface area contributed by atoms with Crippen LogP contribution in [0.2, 0.25) is 0 Å². The van der Waals surface area contributed by atoms with Crippen molar-refractivity contribution < 1.29 is 0 Å². The molecule has 53 heavy (non-hydrogen) atoms. The number of benzene rings is 6. The summed E-state index contributed by atoms with van der Waals surface area (Å²) in [6.45, 7) is 4.07. The van der Waals surface area contributed by atoms with Gasteiger partial charge in [-0.2, -0.15) is 0 Å². The summed E-state index contributed by atoms with van der Waals surface area (Å²) in [6, 6.07) is 61.7. The standard InChI is InChI=1S/C52H46P/c1-39-23-29-43(30-24-39)46-36-50(44-31-25-40(2)26-32-44)52(37-46,47-33-27-41(3)28-34-47)38-53(48-19-9-5-10-20-48,49-21-11-6-12-22-49)51(35-42-15-13-14-16-42)45-17-7-4-8-18-45/h4-34,36-38,51H,35H2,1-3H3/t51-,52?/m0/s1. The van der Waals surface area contributed by atoms with E-state index in [1.54, 1.807) is 0 Å². The SMILES string of the molecule is Cc1ccc(C2=CC(C=P(c3ccccc3)(c3ccccc3)[C@@H](C[C]3[CH][CH][CH][CH]3)c3ccccc3)(c3ccc(C)cc3)C(c3ccc(C)cc3)=C2)cc1. The van der Waals surface area contributed by atoms with Gasteiger partial charge in [0.25, 0.3) is 0 Å². The van der Waals surface area contributed by atoms with Crippen LogP contribution in [0.3, 0.4) is 0 Å². The van der Waals surface area contributed by atoms with Crippen LogP contribution in [0.5, 0.6) is 0 Å². The van der Waals surface area contributed by atoms with E-state index in [4.69, 9.17) is 0 Å². The molecule has 259 valence electrons. The summed E-state index contributed by atoms with van der Waals surface area (Å²) < 4.78 is 0. The normalized spacial score (nSPS) is 18.0. The second-order valence-corrected chi connectivity index (χ2v) is 18.1. The highest BCUT2D eigenvalue weighted by Gasteiger charge is 2.44. The van der Waals surface area contributed by atoms with E-state index in [1.807, 2.05) is 0 Å². The molecular formula is C52H46P. The van der Waals surface area contributed by atoms with E-state index in [2.05, 4.69) is 228 Å². The summed E-state index contributed by atoms with van der Waals surface area (Å²) in [5.41, 5.74) is 11.1. The molecule has 1 fully saturated rings. The molecule has 2 atom stereocenters. The Hall–Kier alpha value is -4.90. The summed E-state index contributed by atoms with van der Waals surface area (Å²) in [7, 11) is 0. The lowest BCUT2D eigenvalue weighted by Crippen LogP contribution is -2.33. The largest absolute Gasteiger partial charge is 0.0622 e. The zero-order chi connectivity index (χ0) is 36.3. The molecule has 0 bridgehead atoms. The fourth-order valence-corrected chi connectivity index (χ4v) is 13.2. The molecule has 0 nitrogen and oxygen atoms in total. The van der Waals surface area contributed by atoms with Gasteiger partial charge in [-0.15, -0.1) is 0 Å². The van der Waals surface area contributed by atoms with Crippen molar-refractivity contribution in [3.05, 3.63) is 246 Å². The van der Waals surface area contributed by atoms with Gasteiger partial charge >= 0.3 is 0 Å². The molecule has 0 heterocycles. The number of allylic oxidation sites excluding steroid dienone is 4. The third-order valence-corrected chi connectivity index (χ3v) is 15.6. The van der Waals surface area contributed by atoms with E-state index in [9.17, 15) is 0 Å². The summed E-state index contributed by atoms with van der Waals surface area (Å²) in [6.07, 6.45) is 15.0. The van der Waals surface area contributed by atoms with Crippen molar-refractivity contribution in [2.45, 2.75) is 38.3 Å². The Labute approximate surface area is 318 Å². The van der Waals surface area contributed by atoms with Crippen LogP contribution < -0.4 is 10.6 Å². The predicted octanol–water partition coefficient (Wildman–Crippen LogP) is 12.0. The third kappa shape index (κ3) is 6.99. The van der Waals surface area contributed by atoms with Crippen molar-refractivity contribution in [3.8, 4) is 0 Å². The first-order chi connectivity index (χ1) is 25.9. The molecule has 0 aliphatic heterocycles. The quantitative estimate of drug-likeness (QED) is 0.125. The zero-order valence-corrected chi connectivity index (χ0v) is 31.8. The summed E-state index contributed by atoms with van der Waals surface area (Å²) in [4.78, 5) is 0. The molecule has 2 aliphatic rings. The van der Waals surface area contributed by atoms with Crippen molar-refractivity contribution in [3.63, 3.8) is 0 Å². The van der Waals surface area contributed by atoms with Crippen molar-refractivity contribution in [1.82, 2.24) is 0 Å². The number of rotatable bonds is 10. The molecule has 1 saturated carbocycles. The summed E-state index contributed by atoms with van der Waals surface area (Å²) >= 11 is 0. The van der Waals surface area contributed by atoms with Crippen LogP contribution in [0.1, 0.15) is 51.0 Å². The second kappa shape index (κ2) is 15.2. The average Bonchev–Trinajstić information content (AvgIpc) is 3.87. The minimum Gasteiger partial charge on any atom is -0.0622 e. The first kappa shape index (κ1) is 35.1. The van der Waals surface area contributed by atoms with Crippen molar-refractivity contribution in [2.75, 3.05) is 0 Å². The Morgan fingerprint density at radius 2 is 1.00 bits per heavy atom. The Balaban J connectivity index is 1.55. The third-order valence-electron chi connectivity index (χ3n) is 11.0. The molecule has 6 aromatic carbocycles. The van der Waals surface area contributed by atoms with E-state index in [0.29, 0.717) is 0 Å². The molecular weight excluding hydrogens is 656 g/mol. The molecule has 0 aromatic heterocycles. The molecule has 1 unspecified atom stereocenters. The lowest BCUT2D eigenvalue weighted by atomic mass is 9.75. The first-order valence-corrected chi connectivity index (χ1v) is 20.7. The van der Waals surface area contributed by atoms with E-state index in [-0.39, 0.29) is 5.66 Å². The maximum atomic E-state index is 2.85. The van der Waals surface area contributed by atoms with E-state index < -0.39 is 12.3 Å². The molecule has 0 N–H and O–H groups in total. The van der Waals surface area contributed by atoms with Gasteiger partial charge < -0.3 is 0 Å². The average molecular weight is 702 g/mol. The highest BCUT2D eigenvalue weighted by molar-refractivity contribution is 7.88. The number of hydrogen-bond donors (Lipinski definition) is 0. The van der Waals surface area contributed by atoms with E-state index in [1.165, 1.54) is 66.6 Å². The van der Waals surface area contributed by atoms with Crippen LogP contribution in [0, 0.1) is 52.4 Å². The molecule has 1 heteroatoms. The highest BCUT2D eigenvalue weighted by Crippen LogP contribution is 2.64. The fourth-order valence-electron chi connectivity index (χ4n) is 8.22. The molecule has 0 saturated heterocycles. The maximum Gasteiger partial charge on any atom is 0.0588 e. The smallest absolute Gasteiger partial charge is 0.0588 e. The topological polar surface area (TPSA) is 0 Å². The maximum absolute atomic E-state index is 2.85. The van der Waals surface area contributed by atoms with Gasteiger partial charge in [0.2, 0.25) is 0 Å². The first-order valence-electron chi connectivity index (χ1n) is 18.7. The van der Waals surface area contributed by atoms with Crippen LogP contribution in [0.15, 0.2) is 176 Å². The van der Waals surface area contributed by atoms with Gasteiger partial charge in [0.05, 0.1) is 5.41 Å². The number of hydrogen-bond acceptors (Lipinski definition) is 0. The van der Waals surface area contributed by atoms with Crippen LogP contribution >= 0.6 is 6.89 Å². The Bertz CT molecular complexity index is 2210. The van der Waals surface area contributed by atoms with Gasteiger partial charge in [-0.1, -0.05) is 192 Å². The van der Waals surface area contributed by atoms with Crippen LogP contribution in [0.4, 0.5) is 0 Å². The minimum absolute atomic E-state index is 0.175. The van der Waals surface area contributed by atoms with Gasteiger partial charge in [0, 0.05) is 5.66 Å². The Morgan fingerprint density at radius 3 is 1.53 bits per heavy atom. The van der Waals surface area contributed by atoms with E-state index >= 15 is 0 Å². The van der Waals surface area contributed by atoms with Gasteiger partial charge in [-0.05, 0) is 116 Å². The summed E-state index contributed by atoms with van der Waals surface area (Å²) in [5, 5.41) is 2.78. The predicted molar refractivity (Wildman–Crippen MR) is 231 cm³/mol. The van der Waals surface area contributed by atoms with Gasteiger partial charge in [-0.25, -0.2) is 0 Å². The zero-order valence-electron chi connectivity index (χ0n) is 30.9. The molecule has 0 amide bonds. The van der Waals surface area contributed by atoms with Crippen LogP contribution in [0.25, 0.3) is 11.1 Å². The molecule has 5 radical (unpaired) electrons. The Morgan fingerprint density at radius 1 is 0.528 bits per heavy atom. The summed E-state index contributed by atoms with van der Waals surface area (Å²) in [5.74, 6) is 4.22. The van der Waals surface area contributed by atoms with Crippen LogP contribution in [-0.4, -0.2) is 5.80 Å². The van der Waals surface area contributed by atoms with Crippen molar-refractivity contribution in [2.24, 2.45) is 0 Å². The molecule has 2 aliphatic carbocycles. The lowest BCUT2D eigenvalue weighted by molar-refractivity contribution is 0.851. The van der Waals surface area contributed by atoms with Crippen molar-refractivity contribution in [1.29, 1.82) is 0 Å². The van der Waals surface area contributed by atoms with Gasteiger partial charge in [0.15, 0.2) is 0 Å². The molecule has 0 spiro atoms. The molecule has 8 rings (SSSR count). The van der Waals surface area contributed by atoms with Crippen LogP contribution in [-0.2, 0) is 5.41 Å². The highest BCUT2D eigenvalue weighted by atomic mass is 31.2. The fraction of sp³-hybridized carbons (Fsp3) is 0.115. The number of aryl methyl sites for hydroxylation is 3. The van der Waals surface area contributed by atoms with Crippen molar-refractivity contribution >= 4 is 34.4 Å². The monoisotopic (exact) mass is 701 g/mol. The molecule has 6 aromatic rings. The lowest BCUT2D eigenvalue weighted by Gasteiger charge is -2.42. The second-order valence-electron chi connectivity index (χ2n) is 14.6. The minimum atomic E-state index is -2.47. The Kier molecular flexibility index (Phi) is 10.1. The van der Waals surface area contributed by atoms with E-state index in [0.717, 1.165) is 6.42 Å².